The highest BCUT2D eigenvalue weighted by atomic mass is 32.2. The summed E-state index contributed by atoms with van der Waals surface area (Å²) in [6.07, 6.45) is 10.1. The van der Waals surface area contributed by atoms with E-state index in [2.05, 4.69) is 18.7 Å². The van der Waals surface area contributed by atoms with E-state index in [-0.39, 0.29) is 69.6 Å². The summed E-state index contributed by atoms with van der Waals surface area (Å²) in [5.41, 5.74) is 4.16. The number of nitrogens with zero attached hydrogens (tertiary/aromatic N) is 2. The highest BCUT2D eigenvalue weighted by Gasteiger charge is 2.65. The van der Waals surface area contributed by atoms with Gasteiger partial charge in [-0.25, -0.2) is 9.18 Å². The first kappa shape index (κ1) is 45.9. The Morgan fingerprint density at radius 1 is 0.952 bits per heavy atom. The molecule has 7 rings (SSSR count). The Labute approximate surface area is 374 Å². The van der Waals surface area contributed by atoms with Crippen LogP contribution in [0.3, 0.4) is 0 Å². The maximum Gasteiger partial charge on any atom is 0.410 e. The smallest absolute Gasteiger partial charge is 0.410 e. The van der Waals surface area contributed by atoms with Gasteiger partial charge in [0.2, 0.25) is 5.79 Å². The lowest BCUT2D eigenvalue weighted by atomic mass is 9.55. The molecule has 63 heavy (non-hydrogen) atoms. The molecule has 1 fully saturated rings. The van der Waals surface area contributed by atoms with Gasteiger partial charge in [-0.1, -0.05) is 72.6 Å². The molecule has 4 aromatic rings. The Kier molecular flexibility index (Phi) is 16.0. The van der Waals surface area contributed by atoms with Crippen molar-refractivity contribution in [1.29, 1.82) is 0 Å². The molecule has 0 bridgehead atoms. The van der Waals surface area contributed by atoms with Gasteiger partial charge in [0, 0.05) is 42.6 Å². The molecular formula is C51H59FN2O8S. The fourth-order valence-electron chi connectivity index (χ4n) is 9.55. The molecule has 1 heterocycles. The van der Waals surface area contributed by atoms with Gasteiger partial charge >= 0.3 is 6.09 Å². The van der Waals surface area contributed by atoms with Crippen LogP contribution in [-0.4, -0.2) is 71.4 Å². The molecule has 0 aromatic heterocycles. The molecule has 0 spiro atoms. The van der Waals surface area contributed by atoms with Crippen molar-refractivity contribution in [1.82, 2.24) is 4.90 Å². The zero-order chi connectivity index (χ0) is 44.2. The van der Waals surface area contributed by atoms with E-state index in [1.165, 1.54) is 12.1 Å². The van der Waals surface area contributed by atoms with Crippen molar-refractivity contribution in [2.75, 3.05) is 32.7 Å². The molecule has 0 saturated heterocycles. The van der Waals surface area contributed by atoms with E-state index < -0.39 is 23.8 Å². The summed E-state index contributed by atoms with van der Waals surface area (Å²) in [5, 5.41) is 24.9. The lowest BCUT2D eigenvalue weighted by Crippen LogP contribution is -2.70. The zero-order valence-corrected chi connectivity index (χ0v) is 37.0. The molecule has 2 aliphatic carbocycles. The van der Waals surface area contributed by atoms with Crippen molar-refractivity contribution in [3.8, 4) is 17.2 Å². The number of halogens is 1. The fourth-order valence-corrected chi connectivity index (χ4v) is 9.95. The maximum absolute atomic E-state index is 14.4. The van der Waals surface area contributed by atoms with Gasteiger partial charge < -0.3 is 34.0 Å². The van der Waals surface area contributed by atoms with Crippen molar-refractivity contribution >= 4 is 23.6 Å². The van der Waals surface area contributed by atoms with E-state index in [9.17, 15) is 19.4 Å². The second kappa shape index (κ2) is 22.0. The van der Waals surface area contributed by atoms with Crippen LogP contribution in [0, 0.1) is 23.6 Å². The van der Waals surface area contributed by atoms with E-state index in [1.54, 1.807) is 41.8 Å². The summed E-state index contributed by atoms with van der Waals surface area (Å²) in [6, 6.07) is 29.0. The van der Waals surface area contributed by atoms with Gasteiger partial charge in [-0.05, 0) is 122 Å². The van der Waals surface area contributed by atoms with Gasteiger partial charge in [-0.3, -0.25) is 4.90 Å². The molecule has 334 valence electrons. The molecule has 1 aliphatic heterocycles. The predicted molar refractivity (Wildman–Crippen MR) is 243 cm³/mol. The highest BCUT2D eigenvalue weighted by molar-refractivity contribution is 7.98. The highest BCUT2D eigenvalue weighted by Crippen LogP contribution is 2.62. The number of benzene rings is 4. The molecule has 4 aromatic carbocycles. The van der Waals surface area contributed by atoms with E-state index in [0.717, 1.165) is 47.3 Å². The molecule has 2 N–H and O–H groups in total. The van der Waals surface area contributed by atoms with Crippen LogP contribution in [0.25, 0.3) is 0 Å². The number of oxime groups is 1. The van der Waals surface area contributed by atoms with Gasteiger partial charge in [0.15, 0.2) is 0 Å². The van der Waals surface area contributed by atoms with Gasteiger partial charge in [-0.2, -0.15) is 0 Å². The van der Waals surface area contributed by atoms with E-state index >= 15 is 0 Å². The average Bonchev–Trinajstić information content (AvgIpc) is 3.30. The van der Waals surface area contributed by atoms with E-state index in [1.807, 2.05) is 73.0 Å². The lowest BCUT2D eigenvalue weighted by molar-refractivity contribution is -0.256. The van der Waals surface area contributed by atoms with Crippen LogP contribution < -0.4 is 9.47 Å². The number of aliphatic hydroxyl groups is 2. The average molecular weight is 879 g/mol. The second-order valence-electron chi connectivity index (χ2n) is 16.3. The largest absolute Gasteiger partial charge is 0.459 e. The minimum absolute atomic E-state index is 0.0211. The van der Waals surface area contributed by atoms with Crippen LogP contribution in [0.5, 0.6) is 17.2 Å². The number of ether oxygens (including phenoxy) is 4. The monoisotopic (exact) mass is 878 g/mol. The van der Waals surface area contributed by atoms with Crippen molar-refractivity contribution < 1.29 is 43.2 Å². The van der Waals surface area contributed by atoms with E-state index in [4.69, 9.17) is 28.9 Å². The Hall–Kier alpha value is -5.14. The second-order valence-corrected chi connectivity index (χ2v) is 17.1. The number of hydrogen-bond donors (Lipinski definition) is 2. The topological polar surface area (TPSA) is 119 Å². The first-order valence-electron chi connectivity index (χ1n) is 22.1. The third kappa shape index (κ3) is 10.6. The number of hydrogen-bond acceptors (Lipinski definition) is 10. The fraction of sp³-hybridized carbons (Fsp3) is 0.412. The number of thioether (sulfide) groups is 1. The molecule has 3 aliphatic rings. The summed E-state index contributed by atoms with van der Waals surface area (Å²) >= 11 is 1.66. The molecule has 1 amide bonds. The van der Waals surface area contributed by atoms with Crippen molar-refractivity contribution in [2.45, 2.75) is 87.7 Å². The van der Waals surface area contributed by atoms with Gasteiger partial charge in [-0.15, -0.1) is 18.3 Å². The summed E-state index contributed by atoms with van der Waals surface area (Å²) < 4.78 is 41.0. The van der Waals surface area contributed by atoms with Crippen LogP contribution in [0.2, 0.25) is 0 Å². The molecular weight excluding hydrogens is 820 g/mol. The zero-order valence-electron chi connectivity index (χ0n) is 36.2. The number of carbonyl (C=O) groups is 1. The first-order chi connectivity index (χ1) is 30.8. The molecule has 0 unspecified atom stereocenters. The van der Waals surface area contributed by atoms with E-state index in [0.29, 0.717) is 41.4 Å². The van der Waals surface area contributed by atoms with Crippen LogP contribution in [-0.2, 0) is 27.5 Å². The summed E-state index contributed by atoms with van der Waals surface area (Å²) in [7, 11) is 0. The Morgan fingerprint density at radius 3 is 2.38 bits per heavy atom. The number of aliphatic hydroxyl groups excluding tert-OH is 2. The molecule has 10 nitrogen and oxygen atoms in total. The first-order valence-corrected chi connectivity index (χ1v) is 23.3. The minimum Gasteiger partial charge on any atom is -0.459 e. The van der Waals surface area contributed by atoms with Gasteiger partial charge in [0.25, 0.3) is 0 Å². The normalized spacial score (nSPS) is 22.8. The van der Waals surface area contributed by atoms with Crippen molar-refractivity contribution in [3.63, 3.8) is 0 Å². The van der Waals surface area contributed by atoms with Crippen molar-refractivity contribution in [2.24, 2.45) is 22.9 Å². The van der Waals surface area contributed by atoms with Gasteiger partial charge in [0.05, 0.1) is 24.8 Å². The summed E-state index contributed by atoms with van der Waals surface area (Å²) in [4.78, 5) is 23.4. The Morgan fingerprint density at radius 2 is 1.68 bits per heavy atom. The Bertz CT molecular complexity index is 2190. The van der Waals surface area contributed by atoms with Crippen LogP contribution in [0.15, 0.2) is 131 Å². The molecule has 0 radical (unpaired) electrons. The molecule has 6 atom stereocenters. The standard InChI is InChI=1S/C51H59FN2O8S/c1-4-29-59-51-47(54(50(57)58-5-2)33-35-17-19-38(52)20-18-35)32-45(53-60-34-36-13-7-6-8-14-36)43-30-37(15-9-11-27-55)42(16-10-12-28-56)48(49(43)51)44-31-40(23-26-46(44)62-51)61-39-21-24-41(63-3)25-22-39/h4,6-8,13-14,17-26,30-31,37,42,47-49,55-56H,1,5,9-12,15-16,27-29,32-34H2,2-3H3/t37-,42+,47-,48+,49+,51+/m0/s1. The Balaban J connectivity index is 1.44. The van der Waals surface area contributed by atoms with Crippen molar-refractivity contribution in [3.05, 3.63) is 144 Å². The van der Waals surface area contributed by atoms with Gasteiger partial charge in [0.1, 0.15) is 35.7 Å². The number of carbonyl (C=O) groups excluding carboxylic acids is 1. The number of unbranched alkanes of at least 4 members (excludes halogenated alkanes) is 2. The maximum atomic E-state index is 14.4. The SMILES string of the molecule is C=CCO[C@@]12Oc3ccc(Oc4ccc(SC)cc4)cc3[C@H]3[C@H](CCCCO)[C@@H](CCCCO)C=C(C(=NOCc4ccccc4)C[C@@H]1N(Cc1ccc(F)cc1)C(=O)OCC)[C@H]32. The third-order valence-corrected chi connectivity index (χ3v) is 13.1. The van der Waals surface area contributed by atoms with Crippen LogP contribution in [0.1, 0.15) is 74.5 Å². The summed E-state index contributed by atoms with van der Waals surface area (Å²) in [5.74, 6) is -0.646. The third-order valence-electron chi connectivity index (χ3n) is 12.3. The minimum atomic E-state index is -1.50. The lowest BCUT2D eigenvalue weighted by Gasteiger charge is -2.59. The van der Waals surface area contributed by atoms with Crippen LogP contribution >= 0.6 is 11.8 Å². The molecule has 12 heteroatoms. The predicted octanol–water partition coefficient (Wildman–Crippen LogP) is 10.8. The number of rotatable bonds is 21. The number of fused-ring (bicyclic) bond motifs is 2. The van der Waals surface area contributed by atoms with Crippen LogP contribution in [0.4, 0.5) is 9.18 Å². The quantitative estimate of drug-likeness (QED) is 0.0365. The number of amides is 1. The number of allylic oxidation sites excluding steroid dienone is 1. The molecule has 1 saturated carbocycles. The summed E-state index contributed by atoms with van der Waals surface area (Å²) in [6.45, 7) is 6.49.